The highest BCUT2D eigenvalue weighted by Crippen LogP contribution is 2.14. The summed E-state index contributed by atoms with van der Waals surface area (Å²) in [6.45, 7) is 4.04. The first kappa shape index (κ1) is 14.4. The molecule has 0 aliphatic carbocycles. The molecule has 0 bridgehead atoms. The number of nitrogens with one attached hydrogen (secondary N) is 2. The van der Waals surface area contributed by atoms with E-state index < -0.39 is 0 Å². The largest absolute Gasteiger partial charge is 0.378 e. The highest BCUT2D eigenvalue weighted by molar-refractivity contribution is 5.77. The molecule has 0 radical (unpaired) electrons. The number of carbonyl (C=O) groups excluding carboxylic acids is 1. The Morgan fingerprint density at radius 1 is 1.39 bits per heavy atom. The van der Waals surface area contributed by atoms with Gasteiger partial charge in [-0.3, -0.25) is 4.79 Å². The van der Waals surface area contributed by atoms with Crippen LogP contribution in [0.15, 0.2) is 24.3 Å². The Morgan fingerprint density at radius 2 is 2.06 bits per heavy atom. The molecule has 4 nitrogen and oxygen atoms in total. The summed E-state index contributed by atoms with van der Waals surface area (Å²) in [4.78, 5) is 11.6. The molecule has 4 N–H and O–H groups in total. The molecule has 0 aliphatic rings. The normalized spacial score (nSPS) is 12.3. The number of amides is 1. The Bertz CT molecular complexity index is 396. The van der Waals surface area contributed by atoms with Gasteiger partial charge in [0.2, 0.25) is 5.91 Å². The van der Waals surface area contributed by atoms with E-state index in [0.717, 1.165) is 0 Å². The molecule has 18 heavy (non-hydrogen) atoms. The summed E-state index contributed by atoms with van der Waals surface area (Å²) >= 11 is 0. The van der Waals surface area contributed by atoms with Crippen molar-refractivity contribution in [1.29, 1.82) is 0 Å². The zero-order chi connectivity index (χ0) is 13.5. The van der Waals surface area contributed by atoms with Gasteiger partial charge in [0.05, 0.1) is 5.69 Å². The quantitative estimate of drug-likeness (QED) is 0.719. The molecule has 1 unspecified atom stereocenters. The van der Waals surface area contributed by atoms with Crippen LogP contribution in [-0.4, -0.2) is 24.5 Å². The molecule has 0 saturated heterocycles. The lowest BCUT2D eigenvalue weighted by Crippen LogP contribution is -2.38. The fourth-order valence-electron chi connectivity index (χ4n) is 1.60. The summed E-state index contributed by atoms with van der Waals surface area (Å²) in [5, 5.41) is 5.72. The van der Waals surface area contributed by atoms with Gasteiger partial charge in [-0.05, 0) is 26.0 Å². The Morgan fingerprint density at radius 3 is 2.61 bits per heavy atom. The lowest BCUT2D eigenvalue weighted by molar-refractivity contribution is -0.121. The first-order valence-corrected chi connectivity index (χ1v) is 6.03. The first-order valence-electron chi connectivity index (χ1n) is 6.03. The van der Waals surface area contributed by atoms with Crippen molar-refractivity contribution in [2.24, 2.45) is 5.73 Å². The van der Waals surface area contributed by atoms with Gasteiger partial charge in [0.1, 0.15) is 5.82 Å². The van der Waals surface area contributed by atoms with Gasteiger partial charge in [0.25, 0.3) is 0 Å². The second kappa shape index (κ2) is 6.96. The number of hydrogen-bond acceptors (Lipinski definition) is 3. The summed E-state index contributed by atoms with van der Waals surface area (Å²) in [6.07, 6.45) is 0.225. The lowest BCUT2D eigenvalue weighted by atomic mass is 10.1. The van der Waals surface area contributed by atoms with Crippen LogP contribution >= 0.6 is 0 Å². The van der Waals surface area contributed by atoms with Crippen LogP contribution < -0.4 is 16.4 Å². The van der Waals surface area contributed by atoms with E-state index in [2.05, 4.69) is 10.6 Å². The van der Waals surface area contributed by atoms with Crippen LogP contribution in [0.1, 0.15) is 20.3 Å². The van der Waals surface area contributed by atoms with E-state index >= 15 is 0 Å². The van der Waals surface area contributed by atoms with Gasteiger partial charge in [-0.25, -0.2) is 4.39 Å². The fourth-order valence-corrected chi connectivity index (χ4v) is 1.60. The molecule has 0 aliphatic heterocycles. The van der Waals surface area contributed by atoms with Crippen molar-refractivity contribution in [3.63, 3.8) is 0 Å². The van der Waals surface area contributed by atoms with Gasteiger partial charge in [0, 0.05) is 25.0 Å². The summed E-state index contributed by atoms with van der Waals surface area (Å²) in [7, 11) is 0. The molecule has 0 saturated carbocycles. The molecular formula is C13H20FN3O. The maximum Gasteiger partial charge on any atom is 0.222 e. The molecule has 0 aromatic heterocycles. The second-order valence-electron chi connectivity index (χ2n) is 4.48. The second-order valence-corrected chi connectivity index (χ2v) is 4.48. The number of carbonyl (C=O) groups is 1. The molecule has 1 aromatic carbocycles. The third kappa shape index (κ3) is 4.71. The summed E-state index contributed by atoms with van der Waals surface area (Å²) in [5.41, 5.74) is 5.95. The third-order valence-electron chi connectivity index (χ3n) is 2.40. The summed E-state index contributed by atoms with van der Waals surface area (Å²) in [6, 6.07) is 6.14. The van der Waals surface area contributed by atoms with Crippen molar-refractivity contribution in [2.45, 2.75) is 32.4 Å². The molecule has 100 valence electrons. The molecular weight excluding hydrogens is 233 g/mol. The average molecular weight is 253 g/mol. The Labute approximate surface area is 107 Å². The van der Waals surface area contributed by atoms with Crippen molar-refractivity contribution < 1.29 is 9.18 Å². The fraction of sp³-hybridized carbons (Fsp3) is 0.462. The SMILES string of the molecule is CC(C)NC(=O)CC(CN)Nc1ccccc1F. The average Bonchev–Trinajstić information content (AvgIpc) is 2.30. The van der Waals surface area contributed by atoms with E-state index in [4.69, 9.17) is 5.73 Å². The molecule has 1 amide bonds. The van der Waals surface area contributed by atoms with Gasteiger partial charge >= 0.3 is 0 Å². The molecule has 1 atom stereocenters. The van der Waals surface area contributed by atoms with E-state index in [-0.39, 0.29) is 36.8 Å². The highest BCUT2D eigenvalue weighted by Gasteiger charge is 2.14. The Kier molecular flexibility index (Phi) is 5.58. The molecule has 1 rings (SSSR count). The minimum absolute atomic E-state index is 0.0874. The number of nitrogens with two attached hydrogens (primary N) is 1. The summed E-state index contributed by atoms with van der Waals surface area (Å²) in [5.74, 6) is -0.440. The topological polar surface area (TPSA) is 67.2 Å². The standard InChI is InChI=1S/C13H20FN3O/c1-9(2)16-13(18)7-10(8-15)17-12-6-4-3-5-11(12)14/h3-6,9-10,17H,7-8,15H2,1-2H3,(H,16,18). The van der Waals surface area contributed by atoms with E-state index in [9.17, 15) is 9.18 Å². The van der Waals surface area contributed by atoms with E-state index in [1.165, 1.54) is 6.07 Å². The highest BCUT2D eigenvalue weighted by atomic mass is 19.1. The number of hydrogen-bond donors (Lipinski definition) is 3. The summed E-state index contributed by atoms with van der Waals surface area (Å²) < 4.78 is 13.4. The monoisotopic (exact) mass is 253 g/mol. The van der Waals surface area contributed by atoms with Gasteiger partial charge in [-0.15, -0.1) is 0 Å². The molecule has 0 fully saturated rings. The first-order chi connectivity index (χ1) is 8.52. The van der Waals surface area contributed by atoms with Crippen LogP contribution in [0.5, 0.6) is 0 Å². The maximum absolute atomic E-state index is 13.4. The van der Waals surface area contributed by atoms with Gasteiger partial charge in [0.15, 0.2) is 0 Å². The number of rotatable bonds is 6. The van der Waals surface area contributed by atoms with Crippen LogP contribution in [0, 0.1) is 5.82 Å². The van der Waals surface area contributed by atoms with Crippen molar-refractivity contribution in [3.8, 4) is 0 Å². The predicted octanol–water partition coefficient (Wildman–Crippen LogP) is 1.48. The maximum atomic E-state index is 13.4. The lowest BCUT2D eigenvalue weighted by Gasteiger charge is -2.19. The van der Waals surface area contributed by atoms with Crippen LogP contribution in [0.4, 0.5) is 10.1 Å². The smallest absolute Gasteiger partial charge is 0.222 e. The van der Waals surface area contributed by atoms with E-state index in [0.29, 0.717) is 5.69 Å². The number of anilines is 1. The predicted molar refractivity (Wildman–Crippen MR) is 70.8 cm³/mol. The van der Waals surface area contributed by atoms with Crippen molar-refractivity contribution in [3.05, 3.63) is 30.1 Å². The zero-order valence-corrected chi connectivity index (χ0v) is 10.7. The van der Waals surface area contributed by atoms with Crippen molar-refractivity contribution in [1.82, 2.24) is 5.32 Å². The van der Waals surface area contributed by atoms with Crippen molar-refractivity contribution >= 4 is 11.6 Å². The third-order valence-corrected chi connectivity index (χ3v) is 2.40. The molecule has 0 heterocycles. The Hall–Kier alpha value is -1.62. The van der Waals surface area contributed by atoms with Crippen LogP contribution in [0.3, 0.4) is 0 Å². The minimum atomic E-state index is -0.347. The van der Waals surface area contributed by atoms with Crippen molar-refractivity contribution in [2.75, 3.05) is 11.9 Å². The minimum Gasteiger partial charge on any atom is -0.378 e. The van der Waals surface area contributed by atoms with E-state index in [1.54, 1.807) is 18.2 Å². The van der Waals surface area contributed by atoms with Gasteiger partial charge in [-0.2, -0.15) is 0 Å². The number of para-hydroxylation sites is 1. The van der Waals surface area contributed by atoms with Crippen LogP contribution in [-0.2, 0) is 4.79 Å². The van der Waals surface area contributed by atoms with Crippen LogP contribution in [0.2, 0.25) is 0 Å². The molecule has 1 aromatic rings. The van der Waals surface area contributed by atoms with Crippen LogP contribution in [0.25, 0.3) is 0 Å². The van der Waals surface area contributed by atoms with Gasteiger partial charge < -0.3 is 16.4 Å². The Balaban J connectivity index is 2.57. The number of halogens is 1. The molecule has 0 spiro atoms. The molecule has 5 heteroatoms. The zero-order valence-electron chi connectivity index (χ0n) is 10.7. The number of benzene rings is 1. The van der Waals surface area contributed by atoms with E-state index in [1.807, 2.05) is 13.8 Å². The van der Waals surface area contributed by atoms with Gasteiger partial charge in [-0.1, -0.05) is 12.1 Å².